The molecule has 3 unspecified atom stereocenters. The third-order valence-electron chi connectivity index (χ3n) is 3.89. The fourth-order valence-corrected chi connectivity index (χ4v) is 3.08. The Morgan fingerprint density at radius 2 is 2.41 bits per heavy atom. The predicted octanol–water partition coefficient (Wildman–Crippen LogP) is 0.450. The highest BCUT2D eigenvalue weighted by Crippen LogP contribution is 2.29. The van der Waals surface area contributed by atoms with Crippen molar-refractivity contribution in [1.82, 2.24) is 10.2 Å². The second-order valence-corrected chi connectivity index (χ2v) is 4.94. The van der Waals surface area contributed by atoms with Gasteiger partial charge >= 0.3 is 5.97 Å². The fourth-order valence-electron chi connectivity index (χ4n) is 3.08. The first-order valence-corrected chi connectivity index (χ1v) is 6.41. The Balaban J connectivity index is 2.13. The highest BCUT2D eigenvalue weighted by atomic mass is 16.4. The Hall–Kier alpha value is -1.10. The van der Waals surface area contributed by atoms with Gasteiger partial charge in [-0.25, -0.2) is 0 Å². The van der Waals surface area contributed by atoms with Gasteiger partial charge < -0.3 is 10.4 Å². The number of fused-ring (bicyclic) bond motifs is 1. The van der Waals surface area contributed by atoms with E-state index in [0.29, 0.717) is 13.0 Å². The smallest absolute Gasteiger partial charge is 0.320 e. The molecule has 5 heteroatoms. The SMILES string of the molecule is CCCC(C(=O)O)N1CCCC2C(=O)NCC21. The van der Waals surface area contributed by atoms with Gasteiger partial charge in [0.1, 0.15) is 6.04 Å². The van der Waals surface area contributed by atoms with Gasteiger partial charge in [0.15, 0.2) is 0 Å². The van der Waals surface area contributed by atoms with Crippen LogP contribution in [0.15, 0.2) is 0 Å². The Morgan fingerprint density at radius 1 is 1.65 bits per heavy atom. The number of likely N-dealkylation sites (tertiary alicyclic amines) is 1. The number of piperidine rings is 1. The summed E-state index contributed by atoms with van der Waals surface area (Å²) in [6.07, 6.45) is 3.33. The minimum atomic E-state index is -0.758. The van der Waals surface area contributed by atoms with Gasteiger partial charge in [0.05, 0.1) is 5.92 Å². The molecule has 17 heavy (non-hydrogen) atoms. The molecule has 2 heterocycles. The second kappa shape index (κ2) is 5.04. The summed E-state index contributed by atoms with van der Waals surface area (Å²) in [7, 11) is 0. The van der Waals surface area contributed by atoms with Crippen LogP contribution in [0, 0.1) is 5.92 Å². The molecule has 5 nitrogen and oxygen atoms in total. The first-order chi connectivity index (χ1) is 8.15. The Labute approximate surface area is 101 Å². The number of aliphatic carboxylic acids is 1. The van der Waals surface area contributed by atoms with Crippen molar-refractivity contribution in [1.29, 1.82) is 0 Å². The monoisotopic (exact) mass is 240 g/mol. The molecular formula is C12H20N2O3. The van der Waals surface area contributed by atoms with E-state index < -0.39 is 12.0 Å². The third kappa shape index (κ3) is 2.29. The Morgan fingerprint density at radius 3 is 3.06 bits per heavy atom. The van der Waals surface area contributed by atoms with E-state index in [0.717, 1.165) is 25.8 Å². The van der Waals surface area contributed by atoms with Crippen LogP contribution in [0.2, 0.25) is 0 Å². The lowest BCUT2D eigenvalue weighted by Gasteiger charge is -2.39. The zero-order valence-electron chi connectivity index (χ0n) is 10.2. The lowest BCUT2D eigenvalue weighted by atomic mass is 9.89. The molecule has 1 amide bonds. The molecule has 3 atom stereocenters. The van der Waals surface area contributed by atoms with Crippen LogP contribution < -0.4 is 5.32 Å². The molecule has 2 N–H and O–H groups in total. The Kier molecular flexibility index (Phi) is 3.66. The highest BCUT2D eigenvalue weighted by Gasteiger charge is 2.44. The zero-order chi connectivity index (χ0) is 12.4. The normalized spacial score (nSPS) is 30.8. The largest absolute Gasteiger partial charge is 0.480 e. The first-order valence-electron chi connectivity index (χ1n) is 6.41. The molecule has 2 rings (SSSR count). The maximum absolute atomic E-state index is 11.6. The molecule has 0 aliphatic carbocycles. The van der Waals surface area contributed by atoms with Crippen LogP contribution in [-0.2, 0) is 9.59 Å². The number of carboxylic acid groups (broad SMARTS) is 1. The molecule has 2 saturated heterocycles. The van der Waals surface area contributed by atoms with E-state index in [1.807, 2.05) is 11.8 Å². The highest BCUT2D eigenvalue weighted by molar-refractivity contribution is 5.82. The van der Waals surface area contributed by atoms with Crippen molar-refractivity contribution >= 4 is 11.9 Å². The first kappa shape index (κ1) is 12.4. The van der Waals surface area contributed by atoms with Crippen molar-refractivity contribution in [3.63, 3.8) is 0 Å². The number of nitrogens with zero attached hydrogens (tertiary/aromatic N) is 1. The summed E-state index contributed by atoms with van der Waals surface area (Å²) >= 11 is 0. The molecular weight excluding hydrogens is 220 g/mol. The van der Waals surface area contributed by atoms with Crippen LogP contribution in [0.25, 0.3) is 0 Å². The minimum absolute atomic E-state index is 0.00227. The lowest BCUT2D eigenvalue weighted by molar-refractivity contribution is -0.146. The van der Waals surface area contributed by atoms with Crippen molar-refractivity contribution in [3.8, 4) is 0 Å². The number of carboxylic acids is 1. The van der Waals surface area contributed by atoms with E-state index in [1.54, 1.807) is 0 Å². The van der Waals surface area contributed by atoms with Gasteiger partial charge in [-0.2, -0.15) is 0 Å². The predicted molar refractivity (Wildman–Crippen MR) is 62.6 cm³/mol. The van der Waals surface area contributed by atoms with Crippen molar-refractivity contribution in [2.24, 2.45) is 5.92 Å². The number of rotatable bonds is 4. The van der Waals surface area contributed by atoms with Gasteiger partial charge in [0, 0.05) is 12.6 Å². The quantitative estimate of drug-likeness (QED) is 0.748. The summed E-state index contributed by atoms with van der Waals surface area (Å²) in [5.41, 5.74) is 0. The summed E-state index contributed by atoms with van der Waals surface area (Å²) < 4.78 is 0. The van der Waals surface area contributed by atoms with E-state index in [-0.39, 0.29) is 17.9 Å². The number of carbonyl (C=O) groups excluding carboxylic acids is 1. The molecule has 96 valence electrons. The fraction of sp³-hybridized carbons (Fsp3) is 0.833. The maximum atomic E-state index is 11.6. The summed E-state index contributed by atoms with van der Waals surface area (Å²) in [6, 6.07) is -0.343. The van der Waals surface area contributed by atoms with Gasteiger partial charge in [-0.1, -0.05) is 13.3 Å². The second-order valence-electron chi connectivity index (χ2n) is 4.94. The van der Waals surface area contributed by atoms with Gasteiger partial charge in [-0.3, -0.25) is 14.5 Å². The van der Waals surface area contributed by atoms with Crippen molar-refractivity contribution in [2.75, 3.05) is 13.1 Å². The van der Waals surface area contributed by atoms with Crippen molar-refractivity contribution in [2.45, 2.75) is 44.7 Å². The third-order valence-corrected chi connectivity index (χ3v) is 3.89. The molecule has 0 aromatic rings. The number of nitrogens with one attached hydrogen (secondary N) is 1. The summed E-state index contributed by atoms with van der Waals surface area (Å²) in [4.78, 5) is 25.0. The summed E-state index contributed by atoms with van der Waals surface area (Å²) in [5.74, 6) is -0.658. The van der Waals surface area contributed by atoms with Crippen LogP contribution in [-0.4, -0.2) is 47.1 Å². The van der Waals surface area contributed by atoms with E-state index in [9.17, 15) is 14.7 Å². The minimum Gasteiger partial charge on any atom is -0.480 e. The molecule has 0 bridgehead atoms. The molecule has 0 radical (unpaired) electrons. The van der Waals surface area contributed by atoms with Crippen LogP contribution in [0.4, 0.5) is 0 Å². The van der Waals surface area contributed by atoms with Crippen molar-refractivity contribution < 1.29 is 14.7 Å². The van der Waals surface area contributed by atoms with E-state index in [2.05, 4.69) is 5.32 Å². The number of hydrogen-bond donors (Lipinski definition) is 2. The van der Waals surface area contributed by atoms with Gasteiger partial charge in [-0.05, 0) is 25.8 Å². The lowest BCUT2D eigenvalue weighted by Crippen LogP contribution is -2.53. The molecule has 0 aromatic heterocycles. The summed E-state index contributed by atoms with van der Waals surface area (Å²) in [5, 5.41) is 12.1. The molecule has 0 spiro atoms. The van der Waals surface area contributed by atoms with Crippen LogP contribution in [0.5, 0.6) is 0 Å². The maximum Gasteiger partial charge on any atom is 0.320 e. The average Bonchev–Trinajstić information content (AvgIpc) is 2.68. The average molecular weight is 240 g/mol. The van der Waals surface area contributed by atoms with Gasteiger partial charge in [-0.15, -0.1) is 0 Å². The van der Waals surface area contributed by atoms with Crippen molar-refractivity contribution in [3.05, 3.63) is 0 Å². The topological polar surface area (TPSA) is 69.6 Å². The van der Waals surface area contributed by atoms with E-state index in [4.69, 9.17) is 0 Å². The molecule has 0 aromatic carbocycles. The van der Waals surface area contributed by atoms with E-state index >= 15 is 0 Å². The summed E-state index contributed by atoms with van der Waals surface area (Å²) in [6.45, 7) is 3.40. The van der Waals surface area contributed by atoms with Crippen LogP contribution in [0.1, 0.15) is 32.6 Å². The zero-order valence-corrected chi connectivity index (χ0v) is 10.2. The van der Waals surface area contributed by atoms with Gasteiger partial charge in [0.2, 0.25) is 5.91 Å². The van der Waals surface area contributed by atoms with Crippen LogP contribution >= 0.6 is 0 Å². The van der Waals surface area contributed by atoms with Gasteiger partial charge in [0.25, 0.3) is 0 Å². The number of carbonyl (C=O) groups is 2. The molecule has 2 fully saturated rings. The molecule has 0 saturated carbocycles. The number of hydrogen-bond acceptors (Lipinski definition) is 3. The standard InChI is InChI=1S/C12H20N2O3/c1-2-4-9(12(16)17)14-6-3-5-8-10(14)7-13-11(8)15/h8-10H,2-7H2,1H3,(H,13,15)(H,16,17). The number of amides is 1. The molecule has 2 aliphatic rings. The Bertz CT molecular complexity index is 319. The molecule has 2 aliphatic heterocycles. The van der Waals surface area contributed by atoms with E-state index in [1.165, 1.54) is 0 Å². The van der Waals surface area contributed by atoms with Crippen LogP contribution in [0.3, 0.4) is 0 Å².